The molecule has 100 valence electrons. The Balaban J connectivity index is 2.16. The second-order valence-electron chi connectivity index (χ2n) is 4.53. The van der Waals surface area contributed by atoms with Crippen molar-refractivity contribution in [2.45, 2.75) is 43.0 Å². The van der Waals surface area contributed by atoms with Crippen LogP contribution in [-0.4, -0.2) is 14.5 Å². The molecule has 0 amide bonds. The van der Waals surface area contributed by atoms with E-state index >= 15 is 0 Å². The molecule has 0 radical (unpaired) electrons. The van der Waals surface area contributed by atoms with Crippen molar-refractivity contribution in [3.63, 3.8) is 0 Å². The topological polar surface area (TPSA) is 46.2 Å². The number of nitrogens with one attached hydrogen (secondary N) is 1. The second-order valence-corrected chi connectivity index (χ2v) is 6.25. The minimum absolute atomic E-state index is 0.100. The maximum Gasteiger partial charge on any atom is 0.240 e. The van der Waals surface area contributed by atoms with Crippen LogP contribution in [0.3, 0.4) is 0 Å². The number of halogens is 2. The van der Waals surface area contributed by atoms with Crippen LogP contribution in [0.15, 0.2) is 23.1 Å². The molecule has 18 heavy (non-hydrogen) atoms. The SMILES string of the molecule is O=S(=O)(NC1CCCCC1)c1ccc(F)c(F)c1. The van der Waals surface area contributed by atoms with Gasteiger partial charge in [0, 0.05) is 6.04 Å². The first-order chi connectivity index (χ1) is 8.49. The van der Waals surface area contributed by atoms with E-state index in [0.29, 0.717) is 6.07 Å². The molecule has 3 nitrogen and oxygen atoms in total. The van der Waals surface area contributed by atoms with Crippen molar-refractivity contribution in [1.29, 1.82) is 0 Å². The van der Waals surface area contributed by atoms with Crippen molar-refractivity contribution in [2.75, 3.05) is 0 Å². The third-order valence-electron chi connectivity index (χ3n) is 3.13. The monoisotopic (exact) mass is 275 g/mol. The van der Waals surface area contributed by atoms with Crippen LogP contribution in [0.1, 0.15) is 32.1 Å². The van der Waals surface area contributed by atoms with E-state index in [-0.39, 0.29) is 10.9 Å². The molecule has 2 rings (SSSR count). The molecule has 0 spiro atoms. The van der Waals surface area contributed by atoms with Gasteiger partial charge in [0.25, 0.3) is 0 Å². The summed E-state index contributed by atoms with van der Waals surface area (Å²) in [7, 11) is -3.76. The van der Waals surface area contributed by atoms with Gasteiger partial charge in [0.1, 0.15) is 0 Å². The van der Waals surface area contributed by atoms with Crippen LogP contribution in [0.2, 0.25) is 0 Å². The molecule has 1 aromatic carbocycles. The highest BCUT2D eigenvalue weighted by Crippen LogP contribution is 2.20. The maximum absolute atomic E-state index is 13.0. The molecule has 6 heteroatoms. The standard InChI is InChI=1S/C12H15F2NO2S/c13-11-7-6-10(8-12(11)14)18(16,17)15-9-4-2-1-3-5-9/h6-9,15H,1-5H2. The molecule has 0 aliphatic heterocycles. The molecule has 1 aromatic rings. The number of sulfonamides is 1. The van der Waals surface area contributed by atoms with Crippen LogP contribution in [0.4, 0.5) is 8.78 Å². The average Bonchev–Trinajstić information content (AvgIpc) is 2.33. The summed E-state index contributed by atoms with van der Waals surface area (Å²) in [5.41, 5.74) is 0. The zero-order valence-corrected chi connectivity index (χ0v) is 10.6. The summed E-state index contributed by atoms with van der Waals surface area (Å²) in [5.74, 6) is -2.20. The lowest BCUT2D eigenvalue weighted by Gasteiger charge is -2.22. The Morgan fingerprint density at radius 3 is 2.33 bits per heavy atom. The molecule has 0 atom stereocenters. The lowest BCUT2D eigenvalue weighted by Crippen LogP contribution is -2.36. The van der Waals surface area contributed by atoms with Gasteiger partial charge < -0.3 is 0 Å². The zero-order chi connectivity index (χ0) is 13.2. The number of hydrogen-bond acceptors (Lipinski definition) is 2. The Morgan fingerprint density at radius 2 is 1.72 bits per heavy atom. The van der Waals surface area contributed by atoms with E-state index in [4.69, 9.17) is 0 Å². The van der Waals surface area contributed by atoms with Crippen LogP contribution in [-0.2, 0) is 10.0 Å². The van der Waals surface area contributed by atoms with Gasteiger partial charge in [0.05, 0.1) is 4.90 Å². The van der Waals surface area contributed by atoms with Crippen molar-refractivity contribution in [2.24, 2.45) is 0 Å². The molecule has 1 saturated carbocycles. The van der Waals surface area contributed by atoms with Gasteiger partial charge in [-0.2, -0.15) is 0 Å². The lowest BCUT2D eigenvalue weighted by molar-refractivity contribution is 0.412. The lowest BCUT2D eigenvalue weighted by atomic mass is 9.96. The molecule has 1 fully saturated rings. The van der Waals surface area contributed by atoms with Crippen molar-refractivity contribution < 1.29 is 17.2 Å². The Kier molecular flexibility index (Phi) is 3.97. The van der Waals surface area contributed by atoms with E-state index in [9.17, 15) is 17.2 Å². The molecule has 1 aliphatic rings. The van der Waals surface area contributed by atoms with Crippen LogP contribution < -0.4 is 4.72 Å². The average molecular weight is 275 g/mol. The van der Waals surface area contributed by atoms with Gasteiger partial charge in [-0.05, 0) is 31.0 Å². The van der Waals surface area contributed by atoms with E-state index in [0.717, 1.165) is 44.2 Å². The van der Waals surface area contributed by atoms with Crippen molar-refractivity contribution in [3.8, 4) is 0 Å². The summed E-state index contributed by atoms with van der Waals surface area (Å²) in [6.45, 7) is 0. The number of hydrogen-bond donors (Lipinski definition) is 1. The summed E-state index contributed by atoms with van der Waals surface area (Å²) in [6.07, 6.45) is 4.69. The van der Waals surface area contributed by atoms with E-state index in [2.05, 4.69) is 4.72 Å². The van der Waals surface area contributed by atoms with E-state index in [1.54, 1.807) is 0 Å². The van der Waals surface area contributed by atoms with E-state index < -0.39 is 21.7 Å². The molecule has 0 unspecified atom stereocenters. The first kappa shape index (κ1) is 13.4. The Labute approximate surface area is 105 Å². The molecule has 0 aromatic heterocycles. The van der Waals surface area contributed by atoms with Gasteiger partial charge in [-0.3, -0.25) is 0 Å². The maximum atomic E-state index is 13.0. The van der Waals surface area contributed by atoms with Crippen LogP contribution in [0.25, 0.3) is 0 Å². The summed E-state index contributed by atoms with van der Waals surface area (Å²) < 4.78 is 52.2. The molecule has 0 bridgehead atoms. The summed E-state index contributed by atoms with van der Waals surface area (Å²) in [4.78, 5) is -0.230. The highest BCUT2D eigenvalue weighted by molar-refractivity contribution is 7.89. The molecular weight excluding hydrogens is 260 g/mol. The Hall–Kier alpha value is -1.01. The number of rotatable bonds is 3. The van der Waals surface area contributed by atoms with Crippen LogP contribution in [0, 0.1) is 11.6 Å². The first-order valence-corrected chi connectivity index (χ1v) is 7.45. The fraction of sp³-hybridized carbons (Fsp3) is 0.500. The van der Waals surface area contributed by atoms with E-state index in [1.165, 1.54) is 0 Å². The highest BCUT2D eigenvalue weighted by atomic mass is 32.2. The second kappa shape index (κ2) is 5.32. The largest absolute Gasteiger partial charge is 0.240 e. The summed E-state index contributed by atoms with van der Waals surface area (Å²) >= 11 is 0. The highest BCUT2D eigenvalue weighted by Gasteiger charge is 2.22. The fourth-order valence-corrected chi connectivity index (χ4v) is 3.47. The Bertz CT molecular complexity index is 525. The van der Waals surface area contributed by atoms with Crippen molar-refractivity contribution in [3.05, 3.63) is 29.8 Å². The van der Waals surface area contributed by atoms with Gasteiger partial charge in [0.15, 0.2) is 11.6 Å². The number of benzene rings is 1. The zero-order valence-electron chi connectivity index (χ0n) is 9.83. The summed E-state index contributed by atoms with van der Waals surface area (Å²) in [6, 6.07) is 2.51. The predicted octanol–water partition coefficient (Wildman–Crippen LogP) is 2.58. The predicted molar refractivity (Wildman–Crippen MR) is 63.6 cm³/mol. The van der Waals surface area contributed by atoms with Gasteiger partial charge in [-0.15, -0.1) is 0 Å². The van der Waals surface area contributed by atoms with Gasteiger partial charge >= 0.3 is 0 Å². The molecule has 0 heterocycles. The molecule has 0 saturated heterocycles. The van der Waals surface area contributed by atoms with Crippen molar-refractivity contribution in [1.82, 2.24) is 4.72 Å². The first-order valence-electron chi connectivity index (χ1n) is 5.96. The van der Waals surface area contributed by atoms with Crippen molar-refractivity contribution >= 4 is 10.0 Å². The molecule has 1 aliphatic carbocycles. The van der Waals surface area contributed by atoms with Gasteiger partial charge in [-0.25, -0.2) is 21.9 Å². The smallest absolute Gasteiger partial charge is 0.208 e. The summed E-state index contributed by atoms with van der Waals surface area (Å²) in [5, 5.41) is 0. The van der Waals surface area contributed by atoms with Gasteiger partial charge in [0.2, 0.25) is 10.0 Å². The minimum Gasteiger partial charge on any atom is -0.208 e. The normalized spacial score (nSPS) is 17.9. The van der Waals surface area contributed by atoms with Crippen LogP contribution >= 0.6 is 0 Å². The third-order valence-corrected chi connectivity index (χ3v) is 4.65. The van der Waals surface area contributed by atoms with Crippen LogP contribution in [0.5, 0.6) is 0 Å². The molecule has 1 N–H and O–H groups in total. The third kappa shape index (κ3) is 3.05. The fourth-order valence-electron chi connectivity index (χ4n) is 2.15. The quantitative estimate of drug-likeness (QED) is 0.921. The Morgan fingerprint density at radius 1 is 1.06 bits per heavy atom. The van der Waals surface area contributed by atoms with Gasteiger partial charge in [-0.1, -0.05) is 19.3 Å². The minimum atomic E-state index is -3.76. The van der Waals surface area contributed by atoms with E-state index in [1.807, 2.05) is 0 Å². The molecular formula is C12H15F2NO2S.